The van der Waals surface area contributed by atoms with Gasteiger partial charge in [0, 0.05) is 5.56 Å². The molecule has 2 rings (SSSR count). The number of anilines is 2. The Balaban J connectivity index is 2.00. The molecule has 5 atom stereocenters. The maximum Gasteiger partial charge on any atom is 0.481 e. The van der Waals surface area contributed by atoms with E-state index in [9.17, 15) is 24.2 Å². The smallest absolute Gasteiger partial charge is 0.387 e. The molecule has 148 valence electrons. The van der Waals surface area contributed by atoms with Crippen LogP contribution in [0.5, 0.6) is 0 Å². The molecule has 0 bridgehead atoms. The summed E-state index contributed by atoms with van der Waals surface area (Å²) >= 11 is 0. The Kier molecular flexibility index (Phi) is 6.36. The van der Waals surface area contributed by atoms with E-state index in [-0.39, 0.29) is 11.6 Å². The lowest BCUT2D eigenvalue weighted by molar-refractivity contribution is -0.0151. The Bertz CT molecular complexity index is 745. The molecule has 1 aromatic rings. The molecule has 14 nitrogen and oxygen atoms in total. The van der Waals surface area contributed by atoms with Gasteiger partial charge in [-0.15, -0.1) is 0 Å². The number of nitrogen functional groups attached to an aromatic ring is 1. The summed E-state index contributed by atoms with van der Waals surface area (Å²) in [5.41, 5.74) is 6.10. The number of nitrogens with two attached hydrogens (primary N) is 1. The highest BCUT2D eigenvalue weighted by Crippen LogP contribution is 2.57. The number of phosphoric acid groups is 2. The number of aromatic nitrogens is 2. The largest absolute Gasteiger partial charge is 0.481 e. The van der Waals surface area contributed by atoms with Crippen LogP contribution >= 0.6 is 15.6 Å². The lowest BCUT2D eigenvalue weighted by Crippen LogP contribution is -2.37. The minimum absolute atomic E-state index is 0.186. The highest BCUT2D eigenvalue weighted by atomic mass is 31.3. The molecule has 16 heteroatoms. The first-order chi connectivity index (χ1) is 11.9. The lowest BCUT2D eigenvalue weighted by atomic mass is 10.1. The van der Waals surface area contributed by atoms with Crippen molar-refractivity contribution in [1.82, 2.24) is 9.97 Å². The average molecular weight is 416 g/mol. The van der Waals surface area contributed by atoms with E-state index in [2.05, 4.69) is 24.1 Å². The van der Waals surface area contributed by atoms with Gasteiger partial charge >= 0.3 is 15.6 Å². The van der Waals surface area contributed by atoms with Crippen molar-refractivity contribution in [3.63, 3.8) is 0 Å². The quantitative estimate of drug-likeness (QED) is 0.250. The molecule has 2 heterocycles. The second-order valence-electron chi connectivity index (χ2n) is 5.29. The first kappa shape index (κ1) is 21.1. The molecule has 0 aliphatic carbocycles. The van der Waals surface area contributed by atoms with Gasteiger partial charge in [-0.2, -0.15) is 4.31 Å². The number of aliphatic hydroxyl groups excluding tert-OH is 2. The molecule has 26 heavy (non-hydrogen) atoms. The van der Waals surface area contributed by atoms with Crippen LogP contribution in [0.2, 0.25) is 0 Å². The number of ether oxygens (including phenoxy) is 1. The Morgan fingerprint density at radius 2 is 1.92 bits per heavy atom. The second kappa shape index (κ2) is 7.82. The average Bonchev–Trinajstić information content (AvgIpc) is 2.76. The molecule has 0 radical (unpaired) electrons. The highest BCUT2D eigenvalue weighted by Gasteiger charge is 2.44. The van der Waals surface area contributed by atoms with Crippen molar-refractivity contribution < 1.29 is 47.6 Å². The third-order valence-corrected chi connectivity index (χ3v) is 5.53. The first-order valence-corrected chi connectivity index (χ1v) is 10.0. The van der Waals surface area contributed by atoms with Crippen LogP contribution in [-0.2, 0) is 22.7 Å². The molecule has 1 aliphatic heterocycles. The maximum atomic E-state index is 11.4. The van der Waals surface area contributed by atoms with Gasteiger partial charge in [-0.3, -0.25) is 4.52 Å². The van der Waals surface area contributed by atoms with E-state index in [0.29, 0.717) is 5.56 Å². The summed E-state index contributed by atoms with van der Waals surface area (Å²) in [6, 6.07) is 0. The van der Waals surface area contributed by atoms with Gasteiger partial charge in [0.15, 0.2) is 6.23 Å². The summed E-state index contributed by atoms with van der Waals surface area (Å²) in [5.74, 6) is 0.416. The van der Waals surface area contributed by atoms with Crippen LogP contribution in [0.4, 0.5) is 11.6 Å². The topological polar surface area (TPSA) is 227 Å². The third kappa shape index (κ3) is 5.41. The normalized spacial score (nSPS) is 28.7. The minimum Gasteiger partial charge on any atom is -0.387 e. The van der Waals surface area contributed by atoms with Crippen LogP contribution in [0.25, 0.3) is 0 Å². The van der Waals surface area contributed by atoms with E-state index < -0.39 is 46.8 Å². The van der Waals surface area contributed by atoms with E-state index in [1.165, 1.54) is 6.33 Å². The molecular weight excluding hydrogens is 398 g/mol. The zero-order chi connectivity index (χ0) is 19.7. The summed E-state index contributed by atoms with van der Waals surface area (Å²) in [5, 5.41) is 22.6. The van der Waals surface area contributed by atoms with E-state index >= 15 is 0 Å². The second-order valence-corrected chi connectivity index (χ2v) is 8.12. The van der Waals surface area contributed by atoms with E-state index in [1.54, 1.807) is 6.92 Å². The van der Waals surface area contributed by atoms with Crippen molar-refractivity contribution in [3.05, 3.63) is 11.9 Å². The van der Waals surface area contributed by atoms with E-state index in [4.69, 9.17) is 20.3 Å². The van der Waals surface area contributed by atoms with Gasteiger partial charge in [-0.05, 0) is 6.92 Å². The zero-order valence-corrected chi connectivity index (χ0v) is 15.0. The first-order valence-electron chi connectivity index (χ1n) is 6.99. The van der Waals surface area contributed by atoms with Crippen molar-refractivity contribution >= 4 is 27.3 Å². The molecule has 1 aliphatic rings. The zero-order valence-electron chi connectivity index (χ0n) is 13.2. The summed E-state index contributed by atoms with van der Waals surface area (Å²) in [4.78, 5) is 33.9. The number of nitrogens with zero attached hydrogens (tertiary/aromatic N) is 2. The summed E-state index contributed by atoms with van der Waals surface area (Å²) in [6.45, 7) is 0.812. The molecular formula is C10H18N4O10P2. The minimum atomic E-state index is -5.27. The van der Waals surface area contributed by atoms with Gasteiger partial charge in [-0.25, -0.2) is 19.1 Å². The molecule has 8 N–H and O–H groups in total. The van der Waals surface area contributed by atoms with Crippen LogP contribution in [0.3, 0.4) is 0 Å². The number of hydrogen-bond donors (Lipinski definition) is 7. The molecule has 1 fully saturated rings. The number of rotatable bonds is 7. The van der Waals surface area contributed by atoms with Crippen LogP contribution in [0.15, 0.2) is 6.33 Å². The highest BCUT2D eigenvalue weighted by molar-refractivity contribution is 7.60. The molecule has 0 spiro atoms. The van der Waals surface area contributed by atoms with Gasteiger partial charge in [-0.1, -0.05) is 0 Å². The Morgan fingerprint density at radius 1 is 1.27 bits per heavy atom. The van der Waals surface area contributed by atoms with Gasteiger partial charge in [0.2, 0.25) is 0 Å². The van der Waals surface area contributed by atoms with Crippen molar-refractivity contribution in [2.75, 3.05) is 17.7 Å². The molecule has 0 saturated carbocycles. The van der Waals surface area contributed by atoms with Crippen molar-refractivity contribution in [3.8, 4) is 0 Å². The van der Waals surface area contributed by atoms with Gasteiger partial charge in [0.05, 0.1) is 6.61 Å². The summed E-state index contributed by atoms with van der Waals surface area (Å²) in [7, 11) is -10.4. The predicted octanol–water partition coefficient (Wildman–Crippen LogP) is -1.55. The molecule has 1 aromatic heterocycles. The number of hydrogen-bond acceptors (Lipinski definition) is 11. The number of phosphoric ester groups is 1. The van der Waals surface area contributed by atoms with Gasteiger partial charge in [0.1, 0.15) is 36.3 Å². The standard InChI is InChI=1S/C10H18N4O10P2/c1-4-8(11)12-3-13-9(4)14-10-7(16)6(15)5(23-10)2-22-26(20,21)24-25(17,18)19/h3,5-7,10,15-16H,2H2,1H3,(H,20,21)(H2,17,18,19)(H3,11,12,13,14)/t5-,6-,7-,10-/m1/s1. The predicted molar refractivity (Wildman–Crippen MR) is 84.4 cm³/mol. The SMILES string of the molecule is Cc1c(N)ncnc1N[C@@H]1O[C@H](COP(=O)(O)OP(=O)(O)O)[C@@H](O)[C@H]1O. The summed E-state index contributed by atoms with van der Waals surface area (Å²) < 4.78 is 35.3. The molecule has 1 unspecified atom stereocenters. The van der Waals surface area contributed by atoms with Crippen molar-refractivity contribution in [1.29, 1.82) is 0 Å². The number of aliphatic hydroxyl groups is 2. The maximum absolute atomic E-state index is 11.4. The van der Waals surface area contributed by atoms with Gasteiger partial charge in [0.25, 0.3) is 0 Å². The Labute approximate surface area is 146 Å². The summed E-state index contributed by atoms with van der Waals surface area (Å²) in [6.07, 6.45) is -4.32. The molecule has 1 saturated heterocycles. The van der Waals surface area contributed by atoms with Crippen LogP contribution in [-0.4, -0.2) is 66.0 Å². The van der Waals surface area contributed by atoms with E-state index in [0.717, 1.165) is 0 Å². The van der Waals surface area contributed by atoms with E-state index in [1.807, 2.05) is 0 Å². The Hall–Kier alpha value is -1.18. The third-order valence-electron chi connectivity index (χ3n) is 3.38. The fourth-order valence-corrected chi connectivity index (χ4v) is 3.67. The van der Waals surface area contributed by atoms with Crippen LogP contribution in [0.1, 0.15) is 5.56 Å². The lowest BCUT2D eigenvalue weighted by Gasteiger charge is -2.18. The monoisotopic (exact) mass is 416 g/mol. The van der Waals surface area contributed by atoms with Crippen LogP contribution in [0, 0.1) is 6.92 Å². The fraction of sp³-hybridized carbons (Fsp3) is 0.600. The Morgan fingerprint density at radius 3 is 2.54 bits per heavy atom. The van der Waals surface area contributed by atoms with Crippen molar-refractivity contribution in [2.24, 2.45) is 0 Å². The van der Waals surface area contributed by atoms with Gasteiger partial charge < -0.3 is 40.7 Å². The molecule has 0 amide bonds. The molecule has 0 aromatic carbocycles. The van der Waals surface area contributed by atoms with Crippen LogP contribution < -0.4 is 11.1 Å². The fourth-order valence-electron chi connectivity index (χ4n) is 2.08. The van der Waals surface area contributed by atoms with Crippen molar-refractivity contribution in [2.45, 2.75) is 31.5 Å². The number of nitrogens with one attached hydrogen (secondary N) is 1.